The first-order chi connectivity index (χ1) is 11.8. The lowest BCUT2D eigenvalue weighted by molar-refractivity contribution is -0.147. The second-order valence-electron chi connectivity index (χ2n) is 6.96. The summed E-state index contributed by atoms with van der Waals surface area (Å²) in [4.78, 5) is 12.1. The molecule has 0 bridgehead atoms. The molecule has 3 rings (SSSR count). The fraction of sp³-hybridized carbons (Fsp3) is 0.833. The molecule has 1 heterocycles. The third-order valence-corrected chi connectivity index (χ3v) is 6.14. The number of aromatic nitrogens is 3. The Kier molecular flexibility index (Phi) is 6.58. The quantitative estimate of drug-likeness (QED) is 0.564. The van der Waals surface area contributed by atoms with Gasteiger partial charge in [0.15, 0.2) is 5.16 Å². The van der Waals surface area contributed by atoms with Gasteiger partial charge in [-0.25, -0.2) is 0 Å². The zero-order chi connectivity index (χ0) is 16.8. The van der Waals surface area contributed by atoms with Crippen molar-refractivity contribution in [2.24, 2.45) is 0 Å². The normalized spacial score (nSPS) is 20.2. The second kappa shape index (κ2) is 8.88. The molecule has 1 aromatic heterocycles. The van der Waals surface area contributed by atoms with Gasteiger partial charge in [-0.1, -0.05) is 37.4 Å². The molecule has 0 saturated heterocycles. The summed E-state index contributed by atoms with van der Waals surface area (Å²) in [6.45, 7) is 2.99. The molecule has 0 aromatic carbocycles. The molecule has 0 aliphatic heterocycles. The van der Waals surface area contributed by atoms with Gasteiger partial charge in [-0.3, -0.25) is 4.79 Å². The minimum absolute atomic E-state index is 0.114. The number of ether oxygens (including phenoxy) is 1. The molecule has 0 N–H and O–H groups in total. The Bertz CT molecular complexity index is 534. The number of thioether (sulfide) groups is 1. The maximum atomic E-state index is 12.1. The Morgan fingerprint density at radius 2 is 1.75 bits per heavy atom. The first-order valence-corrected chi connectivity index (χ1v) is 10.5. The number of esters is 1. The highest BCUT2D eigenvalue weighted by Gasteiger charge is 2.24. The Hall–Kier alpha value is -1.04. The zero-order valence-corrected chi connectivity index (χ0v) is 15.5. The van der Waals surface area contributed by atoms with E-state index < -0.39 is 0 Å². The first-order valence-electron chi connectivity index (χ1n) is 9.53. The summed E-state index contributed by atoms with van der Waals surface area (Å²) in [7, 11) is 0. The number of hydrogen-bond donors (Lipinski definition) is 0. The number of carbonyl (C=O) groups excluding carboxylic acids is 1. The minimum Gasteiger partial charge on any atom is -0.462 e. The van der Waals surface area contributed by atoms with Crippen molar-refractivity contribution in [2.75, 3.05) is 5.75 Å². The van der Waals surface area contributed by atoms with Gasteiger partial charge in [0.1, 0.15) is 11.9 Å². The molecule has 134 valence electrons. The number of rotatable bonds is 6. The predicted octanol–water partition coefficient (Wildman–Crippen LogP) is 4.31. The topological polar surface area (TPSA) is 57.0 Å². The molecule has 24 heavy (non-hydrogen) atoms. The monoisotopic (exact) mass is 351 g/mol. The smallest absolute Gasteiger partial charge is 0.316 e. The molecule has 2 aliphatic carbocycles. The van der Waals surface area contributed by atoms with E-state index in [0.29, 0.717) is 11.7 Å². The lowest BCUT2D eigenvalue weighted by Crippen LogP contribution is -2.22. The fourth-order valence-electron chi connectivity index (χ4n) is 3.89. The molecular weight excluding hydrogens is 322 g/mol. The van der Waals surface area contributed by atoms with Crippen LogP contribution in [0.5, 0.6) is 0 Å². The van der Waals surface area contributed by atoms with Crippen LogP contribution >= 0.6 is 11.8 Å². The van der Waals surface area contributed by atoms with Gasteiger partial charge in [0.05, 0.1) is 5.75 Å². The van der Waals surface area contributed by atoms with Gasteiger partial charge in [0.25, 0.3) is 0 Å². The van der Waals surface area contributed by atoms with Crippen LogP contribution < -0.4 is 0 Å². The van der Waals surface area contributed by atoms with E-state index in [4.69, 9.17) is 4.74 Å². The lowest BCUT2D eigenvalue weighted by Gasteiger charge is -2.22. The van der Waals surface area contributed by atoms with Gasteiger partial charge in [-0.05, 0) is 45.4 Å². The van der Waals surface area contributed by atoms with Crippen LogP contribution in [0.25, 0.3) is 0 Å². The van der Waals surface area contributed by atoms with Crippen molar-refractivity contribution in [3.63, 3.8) is 0 Å². The van der Waals surface area contributed by atoms with Crippen molar-refractivity contribution >= 4 is 17.7 Å². The zero-order valence-electron chi connectivity index (χ0n) is 14.7. The van der Waals surface area contributed by atoms with Crippen LogP contribution in [0.3, 0.4) is 0 Å². The first kappa shape index (κ1) is 17.8. The third kappa shape index (κ3) is 4.52. The van der Waals surface area contributed by atoms with Crippen molar-refractivity contribution in [3.05, 3.63) is 5.82 Å². The average Bonchev–Trinajstić information content (AvgIpc) is 3.04. The van der Waals surface area contributed by atoms with E-state index in [9.17, 15) is 4.79 Å². The fourth-order valence-corrected chi connectivity index (χ4v) is 4.69. The Balaban J connectivity index is 1.54. The van der Waals surface area contributed by atoms with Crippen LogP contribution in [0.15, 0.2) is 5.16 Å². The number of nitrogens with zero attached hydrogens (tertiary/aromatic N) is 3. The predicted molar refractivity (Wildman–Crippen MR) is 95.2 cm³/mol. The van der Waals surface area contributed by atoms with Crippen LogP contribution in [0.1, 0.15) is 82.9 Å². The van der Waals surface area contributed by atoms with Crippen LogP contribution in [-0.2, 0) is 16.1 Å². The molecule has 1 aromatic rings. The summed E-state index contributed by atoms with van der Waals surface area (Å²) >= 11 is 1.47. The van der Waals surface area contributed by atoms with Crippen molar-refractivity contribution in [1.82, 2.24) is 14.8 Å². The molecule has 0 spiro atoms. The molecule has 0 radical (unpaired) electrons. The summed E-state index contributed by atoms with van der Waals surface area (Å²) in [5, 5.41) is 9.65. The molecular formula is C18H29N3O2S. The standard InChI is InChI=1S/C18H29N3O2S/c1-2-21-17(14-9-5-3-6-10-14)19-20-18(21)24-13-16(22)23-15-11-7-4-8-12-15/h14-15H,2-13H2,1H3. The van der Waals surface area contributed by atoms with E-state index in [2.05, 4.69) is 21.7 Å². The van der Waals surface area contributed by atoms with Crippen molar-refractivity contribution in [1.29, 1.82) is 0 Å². The van der Waals surface area contributed by atoms with Crippen molar-refractivity contribution < 1.29 is 9.53 Å². The highest BCUT2D eigenvalue weighted by Crippen LogP contribution is 2.33. The van der Waals surface area contributed by atoms with Crippen molar-refractivity contribution in [3.8, 4) is 0 Å². The van der Waals surface area contributed by atoms with Gasteiger partial charge in [-0.2, -0.15) is 0 Å². The molecule has 2 aliphatic rings. The largest absolute Gasteiger partial charge is 0.462 e. The molecule has 0 atom stereocenters. The molecule has 2 fully saturated rings. The SMILES string of the molecule is CCn1c(SCC(=O)OC2CCCCC2)nnc1C1CCCCC1. The maximum absolute atomic E-state index is 12.1. The summed E-state index contributed by atoms with van der Waals surface area (Å²) in [6, 6.07) is 0. The summed E-state index contributed by atoms with van der Waals surface area (Å²) in [5.74, 6) is 1.87. The molecule has 5 nitrogen and oxygen atoms in total. The molecule has 2 saturated carbocycles. The Labute approximate surface area is 148 Å². The van der Waals surface area contributed by atoms with Gasteiger partial charge in [-0.15, -0.1) is 10.2 Å². The molecule has 6 heteroatoms. The van der Waals surface area contributed by atoms with E-state index in [1.807, 2.05) is 0 Å². The Morgan fingerprint density at radius 1 is 1.08 bits per heavy atom. The van der Waals surface area contributed by atoms with Crippen LogP contribution in [0.2, 0.25) is 0 Å². The highest BCUT2D eigenvalue weighted by molar-refractivity contribution is 7.99. The minimum atomic E-state index is -0.114. The van der Waals surface area contributed by atoms with Gasteiger partial charge >= 0.3 is 5.97 Å². The van der Waals surface area contributed by atoms with Crippen molar-refractivity contribution in [2.45, 2.75) is 94.9 Å². The van der Waals surface area contributed by atoms with E-state index in [1.165, 1.54) is 63.1 Å². The highest BCUT2D eigenvalue weighted by atomic mass is 32.2. The lowest BCUT2D eigenvalue weighted by atomic mass is 9.89. The Morgan fingerprint density at radius 3 is 2.42 bits per heavy atom. The van der Waals surface area contributed by atoms with Gasteiger partial charge in [0.2, 0.25) is 0 Å². The second-order valence-corrected chi connectivity index (χ2v) is 7.90. The third-order valence-electron chi connectivity index (χ3n) is 5.20. The van der Waals surface area contributed by atoms with E-state index in [1.54, 1.807) is 0 Å². The van der Waals surface area contributed by atoms with E-state index >= 15 is 0 Å². The van der Waals surface area contributed by atoms with Gasteiger partial charge in [0, 0.05) is 12.5 Å². The van der Waals surface area contributed by atoms with E-state index in [0.717, 1.165) is 30.4 Å². The van der Waals surface area contributed by atoms with Gasteiger partial charge < -0.3 is 9.30 Å². The van der Waals surface area contributed by atoms with Crippen LogP contribution in [0, 0.1) is 0 Å². The van der Waals surface area contributed by atoms with E-state index in [-0.39, 0.29) is 12.1 Å². The summed E-state index contributed by atoms with van der Waals surface area (Å²) in [5.41, 5.74) is 0. The van der Waals surface area contributed by atoms with Crippen LogP contribution in [-0.4, -0.2) is 32.6 Å². The van der Waals surface area contributed by atoms with Crippen LogP contribution in [0.4, 0.5) is 0 Å². The maximum Gasteiger partial charge on any atom is 0.316 e. The number of carbonyl (C=O) groups is 1. The average molecular weight is 352 g/mol. The summed E-state index contributed by atoms with van der Waals surface area (Å²) in [6.07, 6.45) is 12.2. The summed E-state index contributed by atoms with van der Waals surface area (Å²) < 4.78 is 7.78. The molecule has 0 amide bonds. The molecule has 0 unspecified atom stereocenters. The number of hydrogen-bond acceptors (Lipinski definition) is 5.